The van der Waals surface area contributed by atoms with Gasteiger partial charge in [0.25, 0.3) is 0 Å². The van der Waals surface area contributed by atoms with Gasteiger partial charge in [-0.25, -0.2) is 6.07 Å². The molecule has 1 heterocycles. The predicted molar refractivity (Wildman–Crippen MR) is 75.2 cm³/mol. The number of pyridine rings is 1. The van der Waals surface area contributed by atoms with Crippen molar-refractivity contribution in [3.05, 3.63) is 71.4 Å². The number of hydrogen-bond donors (Lipinski definition) is 0. The van der Waals surface area contributed by atoms with Gasteiger partial charge in [0, 0.05) is 5.75 Å². The average Bonchev–Trinajstić information content (AvgIpc) is 2.46. The topological polar surface area (TPSA) is 22.1 Å². The number of rotatable bonds is 3. The molecule has 0 aliphatic carbocycles. The van der Waals surface area contributed by atoms with E-state index in [1.165, 1.54) is 0 Å². The first-order valence-electron chi connectivity index (χ1n) is 5.89. The van der Waals surface area contributed by atoms with Crippen LogP contribution in [0, 0.1) is 12.1 Å². The largest absolute Gasteiger partial charge is 2.00 e. The molecule has 0 N–H and O–H groups in total. The summed E-state index contributed by atoms with van der Waals surface area (Å²) in [4.78, 5) is 4.47. The van der Waals surface area contributed by atoms with Gasteiger partial charge in [0.2, 0.25) is 0 Å². The summed E-state index contributed by atoms with van der Waals surface area (Å²) >= 11 is 6.19. The third-order valence-electron chi connectivity index (χ3n) is 2.69. The van der Waals surface area contributed by atoms with Gasteiger partial charge in [0.1, 0.15) is 6.61 Å². The molecule has 0 aliphatic rings. The van der Waals surface area contributed by atoms with Crippen LogP contribution < -0.4 is 4.74 Å². The Bertz CT molecular complexity index is 703. The maximum Gasteiger partial charge on any atom is 2.00 e. The number of nitrogens with zero attached hydrogens (tertiary/aromatic N) is 1. The van der Waals surface area contributed by atoms with Crippen LogP contribution in [0.5, 0.6) is 5.75 Å². The molecule has 0 unspecified atom stereocenters. The van der Waals surface area contributed by atoms with Gasteiger partial charge >= 0.3 is 20.4 Å². The molecule has 4 heteroatoms. The molecule has 2 nitrogen and oxygen atoms in total. The molecule has 0 aliphatic heterocycles. The molecule has 0 saturated carbocycles. The Morgan fingerprint density at radius 1 is 1.10 bits per heavy atom. The van der Waals surface area contributed by atoms with Crippen LogP contribution in [0.2, 0.25) is 5.02 Å². The minimum Gasteiger partial charge on any atom is -0.515 e. The van der Waals surface area contributed by atoms with Crippen molar-refractivity contribution in [1.82, 2.24) is 4.98 Å². The molecule has 0 amide bonds. The van der Waals surface area contributed by atoms with Crippen molar-refractivity contribution < 1.29 is 25.2 Å². The second-order valence-corrected chi connectivity index (χ2v) is 4.41. The maximum absolute atomic E-state index is 6.19. The maximum atomic E-state index is 6.19. The third-order valence-corrected chi connectivity index (χ3v) is 2.99. The predicted octanol–water partition coefficient (Wildman–Crippen LogP) is 4.07. The van der Waals surface area contributed by atoms with E-state index >= 15 is 0 Å². The van der Waals surface area contributed by atoms with E-state index in [0.717, 1.165) is 10.9 Å². The number of para-hydroxylation sites is 2. The molecule has 0 bridgehead atoms. The normalized spacial score (nSPS) is 10.1. The zero-order chi connectivity index (χ0) is 13.1. The van der Waals surface area contributed by atoms with Crippen molar-refractivity contribution in [2.24, 2.45) is 0 Å². The summed E-state index contributed by atoms with van der Waals surface area (Å²) in [6.07, 6.45) is 0. The van der Waals surface area contributed by atoms with E-state index in [0.29, 0.717) is 23.1 Å². The Kier molecular flexibility index (Phi) is 5.14. The Morgan fingerprint density at radius 2 is 1.90 bits per heavy atom. The molecular weight excluding hydrogens is 364 g/mol. The quantitative estimate of drug-likeness (QED) is 0.510. The summed E-state index contributed by atoms with van der Waals surface area (Å²) in [5.74, 6) is 0.682. The van der Waals surface area contributed by atoms with Gasteiger partial charge < -0.3 is 4.74 Å². The first kappa shape index (κ1) is 15.0. The van der Waals surface area contributed by atoms with Crippen molar-refractivity contribution in [2.75, 3.05) is 0 Å². The standard InChI is InChI=1S/C16H10ClNO.Pd/c17-15-10-12(11-19-13-6-2-1-3-7-13)18-16-9-5-4-8-14(15)16;/h1-6,8-9H,11H2;/q-2;+2. The summed E-state index contributed by atoms with van der Waals surface area (Å²) in [6, 6.07) is 21.2. The molecule has 1 aromatic heterocycles. The number of ether oxygens (including phenoxy) is 1. The van der Waals surface area contributed by atoms with E-state index < -0.39 is 0 Å². The second-order valence-electron chi connectivity index (χ2n) is 4.03. The molecule has 3 rings (SSSR count). The fraction of sp³-hybridized carbons (Fsp3) is 0.0625. The number of halogens is 1. The van der Waals surface area contributed by atoms with Crippen LogP contribution >= 0.6 is 11.6 Å². The first-order valence-corrected chi connectivity index (χ1v) is 6.27. The van der Waals surface area contributed by atoms with Crippen LogP contribution in [0.15, 0.2) is 48.5 Å². The van der Waals surface area contributed by atoms with Crippen LogP contribution in [0.1, 0.15) is 5.69 Å². The first-order chi connectivity index (χ1) is 9.33. The molecule has 0 fully saturated rings. The molecule has 0 spiro atoms. The van der Waals surface area contributed by atoms with Gasteiger partial charge in [0.05, 0.1) is 0 Å². The van der Waals surface area contributed by atoms with Gasteiger partial charge in [-0.15, -0.1) is 40.2 Å². The van der Waals surface area contributed by atoms with Gasteiger partial charge in [-0.2, -0.15) is 18.2 Å². The van der Waals surface area contributed by atoms with Crippen molar-refractivity contribution >= 4 is 22.5 Å². The second kappa shape index (κ2) is 6.86. The van der Waals surface area contributed by atoms with Gasteiger partial charge in [-0.05, 0) is 11.2 Å². The minimum atomic E-state index is 0. The van der Waals surface area contributed by atoms with E-state index in [-0.39, 0.29) is 20.4 Å². The van der Waals surface area contributed by atoms with Crippen molar-refractivity contribution in [1.29, 1.82) is 0 Å². The van der Waals surface area contributed by atoms with Gasteiger partial charge in [-0.3, -0.25) is 4.98 Å². The van der Waals surface area contributed by atoms with Crippen LogP contribution in [0.25, 0.3) is 10.9 Å². The monoisotopic (exact) mass is 373 g/mol. The van der Waals surface area contributed by atoms with E-state index in [1.54, 1.807) is 6.07 Å². The van der Waals surface area contributed by atoms with Gasteiger partial charge in [0.15, 0.2) is 0 Å². The van der Waals surface area contributed by atoms with Crippen molar-refractivity contribution in [3.8, 4) is 5.75 Å². The molecule has 2 aromatic carbocycles. The zero-order valence-corrected chi connectivity index (χ0v) is 12.7. The third kappa shape index (κ3) is 3.38. The number of benzene rings is 2. The number of fused-ring (bicyclic) bond motifs is 1. The summed E-state index contributed by atoms with van der Waals surface area (Å²) in [6.45, 7) is 0.324. The zero-order valence-electron chi connectivity index (χ0n) is 10.4. The Morgan fingerprint density at radius 3 is 2.70 bits per heavy atom. The van der Waals surface area contributed by atoms with Crippen LogP contribution in [-0.2, 0) is 27.0 Å². The fourth-order valence-electron chi connectivity index (χ4n) is 1.81. The van der Waals surface area contributed by atoms with Crippen LogP contribution in [0.4, 0.5) is 0 Å². The molecule has 3 aromatic rings. The van der Waals surface area contributed by atoms with E-state index in [4.69, 9.17) is 16.3 Å². The Balaban J connectivity index is 0.00000147. The minimum absolute atomic E-state index is 0. The van der Waals surface area contributed by atoms with E-state index in [2.05, 4.69) is 17.1 Å². The van der Waals surface area contributed by atoms with Crippen molar-refractivity contribution in [3.63, 3.8) is 0 Å². The SMILES string of the molecule is Clc1[c-]c(COc2[c-]cccc2)nc2ccccc12.[Pd+2]. The number of hydrogen-bond acceptors (Lipinski definition) is 2. The summed E-state index contributed by atoms with van der Waals surface area (Å²) in [5.41, 5.74) is 1.53. The summed E-state index contributed by atoms with van der Waals surface area (Å²) in [7, 11) is 0. The average molecular weight is 374 g/mol. The Labute approximate surface area is 136 Å². The van der Waals surface area contributed by atoms with E-state index in [1.807, 2.05) is 42.5 Å². The van der Waals surface area contributed by atoms with Gasteiger partial charge in [-0.1, -0.05) is 18.2 Å². The fourth-order valence-corrected chi connectivity index (χ4v) is 2.07. The number of aromatic nitrogens is 1. The van der Waals surface area contributed by atoms with Crippen LogP contribution in [-0.4, -0.2) is 4.98 Å². The molecule has 102 valence electrons. The molecular formula is C16H10ClNOPd. The molecule has 0 saturated heterocycles. The van der Waals surface area contributed by atoms with Crippen LogP contribution in [0.3, 0.4) is 0 Å². The van der Waals surface area contributed by atoms with Crippen molar-refractivity contribution in [2.45, 2.75) is 6.61 Å². The summed E-state index contributed by atoms with van der Waals surface area (Å²) in [5, 5.41) is 1.47. The smallest absolute Gasteiger partial charge is 0.515 e. The molecule has 0 radical (unpaired) electrons. The Hall–Kier alpha value is -1.40. The molecule has 20 heavy (non-hydrogen) atoms. The summed E-state index contributed by atoms with van der Waals surface area (Å²) < 4.78 is 5.59. The molecule has 0 atom stereocenters. The van der Waals surface area contributed by atoms with E-state index in [9.17, 15) is 0 Å².